The van der Waals surface area contributed by atoms with E-state index < -0.39 is 0 Å². The average Bonchev–Trinajstić information content (AvgIpc) is 3.02. The van der Waals surface area contributed by atoms with Crippen molar-refractivity contribution in [3.63, 3.8) is 0 Å². The summed E-state index contributed by atoms with van der Waals surface area (Å²) in [6.07, 6.45) is 10.8. The van der Waals surface area contributed by atoms with E-state index in [-0.39, 0.29) is 18.4 Å². The van der Waals surface area contributed by atoms with Gasteiger partial charge in [-0.05, 0) is 37.2 Å². The lowest BCUT2D eigenvalue weighted by atomic mass is 10.1. The summed E-state index contributed by atoms with van der Waals surface area (Å²) in [4.78, 5) is 19.9. The Kier molecular flexibility index (Phi) is 11.0. The molecule has 0 atom stereocenters. The number of urea groups is 1. The third kappa shape index (κ3) is 7.52. The van der Waals surface area contributed by atoms with Gasteiger partial charge in [0.15, 0.2) is 5.75 Å². The van der Waals surface area contributed by atoms with Crippen LogP contribution >= 0.6 is 24.0 Å². The smallest absolute Gasteiger partial charge is 0.325 e. The molecule has 4 rings (SSSR count). The lowest BCUT2D eigenvalue weighted by Crippen LogP contribution is -2.52. The molecule has 2 aliphatic rings. The van der Waals surface area contributed by atoms with Crippen LogP contribution in [0.15, 0.2) is 42.5 Å². The monoisotopic (exact) mass is 519 g/mol. The molecule has 0 aromatic heterocycles. The summed E-state index contributed by atoms with van der Waals surface area (Å²) in [5.41, 5.74) is 1.73. The summed E-state index contributed by atoms with van der Waals surface area (Å²) in [5.74, 6) is 1.45. The molecule has 5 nitrogen and oxygen atoms in total. The zero-order valence-corrected chi connectivity index (χ0v) is 22.5. The largest absolute Gasteiger partial charge is 0.455 e. The number of ether oxygens (including phenoxy) is 1. The van der Waals surface area contributed by atoms with Crippen LogP contribution in [0.5, 0.6) is 11.5 Å². The van der Waals surface area contributed by atoms with Crippen LogP contribution in [0.4, 0.5) is 10.5 Å². The van der Waals surface area contributed by atoms with Crippen LogP contribution in [0.3, 0.4) is 0 Å². The number of piperazine rings is 1. The van der Waals surface area contributed by atoms with E-state index in [4.69, 9.17) is 16.3 Å². The van der Waals surface area contributed by atoms with E-state index in [2.05, 4.69) is 11.8 Å². The highest BCUT2D eigenvalue weighted by molar-refractivity contribution is 6.31. The van der Waals surface area contributed by atoms with Gasteiger partial charge in [0.25, 0.3) is 0 Å². The normalized spacial score (nSPS) is 15.5. The van der Waals surface area contributed by atoms with Gasteiger partial charge in [0.1, 0.15) is 5.75 Å². The minimum atomic E-state index is 0. The number of hydrogen-bond donors (Lipinski definition) is 0. The fourth-order valence-electron chi connectivity index (χ4n) is 4.87. The lowest BCUT2D eigenvalue weighted by molar-refractivity contribution is 0.141. The Hall–Kier alpha value is -1.95. The van der Waals surface area contributed by atoms with Gasteiger partial charge in [0, 0.05) is 36.8 Å². The Morgan fingerprint density at radius 2 is 1.57 bits per heavy atom. The zero-order chi connectivity index (χ0) is 23.8. The zero-order valence-electron chi connectivity index (χ0n) is 20.9. The fourth-order valence-corrected chi connectivity index (χ4v) is 5.04. The number of amides is 2. The Balaban J connectivity index is 0.00000342. The van der Waals surface area contributed by atoms with Crippen LogP contribution in [-0.2, 0) is 6.54 Å². The molecule has 0 N–H and O–H groups in total. The molecule has 0 unspecified atom stereocenters. The van der Waals surface area contributed by atoms with Crippen molar-refractivity contribution >= 4 is 35.7 Å². The van der Waals surface area contributed by atoms with Gasteiger partial charge in [0.05, 0.1) is 12.2 Å². The molecule has 2 aliphatic heterocycles. The maximum Gasteiger partial charge on any atom is 0.325 e. The Morgan fingerprint density at radius 1 is 0.886 bits per heavy atom. The number of carbonyl (C=O) groups is 1. The van der Waals surface area contributed by atoms with Crippen molar-refractivity contribution in [2.75, 3.05) is 37.6 Å². The number of benzene rings is 2. The quantitative estimate of drug-likeness (QED) is 0.317. The first-order chi connectivity index (χ1) is 16.7. The lowest BCUT2D eigenvalue weighted by Gasteiger charge is -2.37. The molecule has 192 valence electrons. The van der Waals surface area contributed by atoms with Crippen LogP contribution in [0.25, 0.3) is 0 Å². The van der Waals surface area contributed by atoms with Gasteiger partial charge in [-0.15, -0.1) is 12.4 Å². The Morgan fingerprint density at radius 3 is 2.31 bits per heavy atom. The van der Waals surface area contributed by atoms with Gasteiger partial charge in [-0.1, -0.05) is 81.7 Å². The van der Waals surface area contributed by atoms with Crippen molar-refractivity contribution in [1.82, 2.24) is 9.80 Å². The molecule has 2 aromatic carbocycles. The van der Waals surface area contributed by atoms with Crippen LogP contribution in [0, 0.1) is 0 Å². The summed E-state index contributed by atoms with van der Waals surface area (Å²) in [7, 11) is 0. The van der Waals surface area contributed by atoms with Crippen molar-refractivity contribution < 1.29 is 9.53 Å². The predicted molar refractivity (Wildman–Crippen MR) is 147 cm³/mol. The molecule has 7 heteroatoms. The molecule has 2 aromatic rings. The molecule has 2 amide bonds. The standard InChI is InChI=1S/C28H38ClN3O2.ClH/c1-2-3-4-5-6-7-8-11-16-30-17-19-31(20-18-30)28(33)32-22-23-12-9-10-13-26(23)34-27-15-14-24(29)21-25(27)32;/h9-10,12-15,21H,2-8,11,16-20,22H2,1H3;1H. The minimum Gasteiger partial charge on any atom is -0.455 e. The number of nitrogens with zero attached hydrogens (tertiary/aromatic N) is 3. The fraction of sp³-hybridized carbons (Fsp3) is 0.536. The van der Waals surface area contributed by atoms with E-state index in [9.17, 15) is 4.79 Å². The molecule has 2 heterocycles. The van der Waals surface area contributed by atoms with E-state index in [1.807, 2.05) is 46.2 Å². The summed E-state index contributed by atoms with van der Waals surface area (Å²) < 4.78 is 6.15. The SMILES string of the molecule is CCCCCCCCCCN1CCN(C(=O)N2Cc3ccccc3Oc3ccc(Cl)cc32)CC1.Cl. The summed E-state index contributed by atoms with van der Waals surface area (Å²) in [6.45, 7) is 7.26. The third-order valence-corrected chi connectivity index (χ3v) is 7.17. The highest BCUT2D eigenvalue weighted by Crippen LogP contribution is 2.40. The van der Waals surface area contributed by atoms with Crippen LogP contribution < -0.4 is 9.64 Å². The Bertz CT molecular complexity index is 948. The number of rotatable bonds is 9. The topological polar surface area (TPSA) is 36.0 Å². The first-order valence-electron chi connectivity index (χ1n) is 13.0. The summed E-state index contributed by atoms with van der Waals surface area (Å²) >= 11 is 6.30. The van der Waals surface area contributed by atoms with Gasteiger partial charge in [-0.2, -0.15) is 0 Å². The minimum absolute atomic E-state index is 0. The second-order valence-electron chi connectivity index (χ2n) is 9.49. The first-order valence-corrected chi connectivity index (χ1v) is 13.4. The number of hydrogen-bond acceptors (Lipinski definition) is 3. The van der Waals surface area contributed by atoms with Crippen LogP contribution in [-0.4, -0.2) is 48.6 Å². The molecular formula is C28H39Cl2N3O2. The number of carbonyl (C=O) groups excluding carboxylic acids is 1. The Labute approximate surface area is 221 Å². The number of unbranched alkanes of at least 4 members (excludes halogenated alkanes) is 7. The van der Waals surface area contributed by atoms with Gasteiger partial charge < -0.3 is 9.64 Å². The van der Waals surface area contributed by atoms with Crippen molar-refractivity contribution in [2.24, 2.45) is 0 Å². The van der Waals surface area contributed by atoms with Crippen LogP contribution in [0.2, 0.25) is 5.02 Å². The van der Waals surface area contributed by atoms with E-state index in [1.165, 1.54) is 51.4 Å². The summed E-state index contributed by atoms with van der Waals surface area (Å²) in [5, 5.41) is 0.598. The second kappa shape index (κ2) is 14.0. The molecule has 1 fully saturated rings. The summed E-state index contributed by atoms with van der Waals surface area (Å²) in [6, 6.07) is 13.4. The van der Waals surface area contributed by atoms with Crippen molar-refractivity contribution in [3.05, 3.63) is 53.1 Å². The van der Waals surface area contributed by atoms with Gasteiger partial charge in [0.2, 0.25) is 0 Å². The van der Waals surface area contributed by atoms with Gasteiger partial charge in [-0.3, -0.25) is 9.80 Å². The van der Waals surface area contributed by atoms with Crippen molar-refractivity contribution in [3.8, 4) is 11.5 Å². The average molecular weight is 521 g/mol. The number of fused-ring (bicyclic) bond motifs is 2. The van der Waals surface area contributed by atoms with E-state index >= 15 is 0 Å². The van der Waals surface area contributed by atoms with E-state index in [1.54, 1.807) is 6.07 Å². The highest BCUT2D eigenvalue weighted by Gasteiger charge is 2.30. The third-order valence-electron chi connectivity index (χ3n) is 6.93. The number of halogens is 2. The molecule has 0 spiro atoms. The maximum atomic E-state index is 13.6. The maximum absolute atomic E-state index is 13.6. The molecule has 0 saturated carbocycles. The molecule has 1 saturated heterocycles. The molecule has 35 heavy (non-hydrogen) atoms. The van der Waals surface area contributed by atoms with Gasteiger partial charge >= 0.3 is 6.03 Å². The number of para-hydroxylation sites is 1. The first kappa shape index (κ1) is 27.6. The van der Waals surface area contributed by atoms with Crippen molar-refractivity contribution in [1.29, 1.82) is 0 Å². The highest BCUT2D eigenvalue weighted by atomic mass is 35.5. The van der Waals surface area contributed by atoms with Crippen molar-refractivity contribution in [2.45, 2.75) is 64.8 Å². The molecule has 0 aliphatic carbocycles. The molecule has 0 radical (unpaired) electrons. The van der Waals surface area contributed by atoms with E-state index in [0.717, 1.165) is 49.7 Å². The second-order valence-corrected chi connectivity index (χ2v) is 9.93. The van der Waals surface area contributed by atoms with Gasteiger partial charge in [-0.25, -0.2) is 4.79 Å². The van der Waals surface area contributed by atoms with E-state index in [0.29, 0.717) is 17.3 Å². The molecule has 0 bridgehead atoms. The van der Waals surface area contributed by atoms with Crippen LogP contribution in [0.1, 0.15) is 63.9 Å². The predicted octanol–water partition coefficient (Wildman–Crippen LogP) is 7.75. The number of anilines is 1. The molecular weight excluding hydrogens is 481 g/mol.